The first-order valence-corrected chi connectivity index (χ1v) is 22.4. The van der Waals surface area contributed by atoms with Crippen molar-refractivity contribution in [1.29, 1.82) is 0 Å². The summed E-state index contributed by atoms with van der Waals surface area (Å²) in [6.45, 7) is 19.1. The molecule has 0 aromatic carbocycles. The van der Waals surface area contributed by atoms with Crippen LogP contribution in [0.1, 0.15) is 79.5 Å². The number of thiophene rings is 1. The second-order valence-electron chi connectivity index (χ2n) is 17.9. The van der Waals surface area contributed by atoms with Gasteiger partial charge < -0.3 is 54.0 Å². The van der Waals surface area contributed by atoms with E-state index < -0.39 is 77.8 Å². The van der Waals surface area contributed by atoms with Crippen LogP contribution >= 0.6 is 11.3 Å². The van der Waals surface area contributed by atoms with Crippen molar-refractivity contribution in [1.82, 2.24) is 15.2 Å². The number of hydrogen-bond acceptors (Lipinski definition) is 14. The summed E-state index contributed by atoms with van der Waals surface area (Å²) < 4.78 is 38.3. The van der Waals surface area contributed by atoms with E-state index in [4.69, 9.17) is 28.4 Å². The molecule has 340 valence electrons. The van der Waals surface area contributed by atoms with E-state index in [1.54, 1.807) is 27.0 Å². The fraction of sp³-hybridized carbons (Fsp3) is 0.674. The Balaban J connectivity index is 1.51. The molecule has 4 N–H and O–H groups in total. The lowest BCUT2D eigenvalue weighted by molar-refractivity contribution is -0.303. The number of hydrogen-bond donors (Lipinski definition) is 4. The number of aliphatic hydroxyl groups excluding tert-OH is 2. The highest BCUT2D eigenvalue weighted by molar-refractivity contribution is 7.15. The smallest absolute Gasteiger partial charge is 0.407 e. The minimum Gasteiger partial charge on any atom is -0.459 e. The maximum atomic E-state index is 13.9. The third-order valence-corrected chi connectivity index (χ3v) is 13.9. The lowest BCUT2D eigenvalue weighted by Gasteiger charge is -2.48. The van der Waals surface area contributed by atoms with Gasteiger partial charge in [-0.3, -0.25) is 9.78 Å². The van der Waals surface area contributed by atoms with Crippen LogP contribution < -0.4 is 5.32 Å². The summed E-state index contributed by atoms with van der Waals surface area (Å²) >= 11 is 1.53. The van der Waals surface area contributed by atoms with Crippen LogP contribution in [0.4, 0.5) is 4.79 Å². The predicted molar refractivity (Wildman–Crippen MR) is 232 cm³/mol. The Hall–Kier alpha value is -3.25. The largest absolute Gasteiger partial charge is 0.459 e. The summed E-state index contributed by atoms with van der Waals surface area (Å²) in [6, 6.07) is 9.38. The minimum atomic E-state index is -1.71. The molecule has 3 aliphatic heterocycles. The quantitative estimate of drug-likeness (QED) is 0.174. The van der Waals surface area contributed by atoms with E-state index in [1.165, 1.54) is 11.3 Å². The topological polar surface area (TPSA) is 178 Å². The molecule has 15 heteroatoms. The highest BCUT2D eigenvalue weighted by atomic mass is 32.1. The van der Waals surface area contributed by atoms with Crippen LogP contribution in [0.15, 0.2) is 60.3 Å². The molecule has 5 heterocycles. The highest BCUT2D eigenvalue weighted by Gasteiger charge is 2.52. The monoisotopic (exact) mass is 871 g/mol. The van der Waals surface area contributed by atoms with Crippen LogP contribution in [0.25, 0.3) is 10.6 Å². The molecule has 3 aliphatic rings. The van der Waals surface area contributed by atoms with Gasteiger partial charge in [0.25, 0.3) is 0 Å². The number of amides is 1. The second-order valence-corrected chi connectivity index (χ2v) is 19.1. The van der Waals surface area contributed by atoms with Gasteiger partial charge in [-0.1, -0.05) is 45.9 Å². The molecule has 0 aliphatic carbocycles. The maximum absolute atomic E-state index is 13.9. The fourth-order valence-electron chi connectivity index (χ4n) is 9.32. The van der Waals surface area contributed by atoms with Crippen LogP contribution in [0, 0.1) is 23.7 Å². The molecule has 0 saturated carbocycles. The molecule has 14 nitrogen and oxygen atoms in total. The molecular weight excluding hydrogens is 803 g/mol. The number of rotatable bonds is 9. The molecular formula is C46H69N3O11S. The van der Waals surface area contributed by atoms with Gasteiger partial charge in [-0.2, -0.15) is 0 Å². The molecule has 0 radical (unpaired) electrons. The highest BCUT2D eigenvalue weighted by Crippen LogP contribution is 2.43. The van der Waals surface area contributed by atoms with Gasteiger partial charge >= 0.3 is 12.1 Å². The zero-order chi connectivity index (χ0) is 44.8. The summed E-state index contributed by atoms with van der Waals surface area (Å²) in [5.41, 5.74) is -0.668. The number of cyclic esters (lactones) is 1. The van der Waals surface area contributed by atoms with E-state index in [1.807, 2.05) is 90.0 Å². The zero-order valence-electron chi connectivity index (χ0n) is 37.5. The van der Waals surface area contributed by atoms with Crippen LogP contribution in [0.2, 0.25) is 0 Å². The third-order valence-electron chi connectivity index (χ3n) is 12.8. The van der Waals surface area contributed by atoms with Crippen molar-refractivity contribution in [3.63, 3.8) is 0 Å². The van der Waals surface area contributed by atoms with E-state index in [2.05, 4.69) is 16.9 Å². The Kier molecular flexibility index (Phi) is 16.8. The molecule has 0 spiro atoms. The number of carbonyl (C=O) groups excluding carboxylic acids is 2. The number of alkyl carbamates (subject to hydrolysis) is 1. The zero-order valence-corrected chi connectivity index (χ0v) is 38.4. The average molecular weight is 872 g/mol. The number of fused-ring (bicyclic) bond motifs is 5. The first kappa shape index (κ1) is 48.8. The first-order valence-electron chi connectivity index (χ1n) is 21.6. The van der Waals surface area contributed by atoms with Gasteiger partial charge in [-0.15, -0.1) is 11.3 Å². The number of aromatic nitrogens is 1. The maximum Gasteiger partial charge on any atom is 0.407 e. The summed E-state index contributed by atoms with van der Waals surface area (Å²) in [5, 5.41) is 38.9. The second kappa shape index (κ2) is 21.0. The standard InChI is InChI=1S/C46H69N3O11S/c1-12-37-46(9,54)41-29(5)33(18-20-55-44(53)48-23-32-16-17-36(61-32)34-15-13-14-19-47-34)27(3)22-45(8,57-25-26(2)24-56-41)40(30(6)38(50)31(7)42(52)59-37)60-43-39(51)35(49(10)11)21-28(4)58-43/h13-19,27-31,35,37-41,43,50-51,54H,2,12,20-25H2,1,3-11H3,(H,48,53)/b33-18+/t27-,28-,29+,30+,31-,35+,37-,38+,39-,40-,41?,43?,45-,46-/m1/s1. The Bertz CT molecular complexity index is 1810. The van der Waals surface area contributed by atoms with E-state index >= 15 is 0 Å². The summed E-state index contributed by atoms with van der Waals surface area (Å²) in [6.07, 6.45) is -2.42. The molecule has 14 atom stereocenters. The molecule has 3 saturated heterocycles. The minimum absolute atomic E-state index is 0.0174. The van der Waals surface area contributed by atoms with Gasteiger partial charge in [0.05, 0.1) is 66.3 Å². The van der Waals surface area contributed by atoms with Crippen LogP contribution in [-0.2, 0) is 39.8 Å². The normalized spacial score (nSPS) is 37.6. The predicted octanol–water partition coefficient (Wildman–Crippen LogP) is 5.89. The number of nitrogens with zero attached hydrogens (tertiary/aromatic N) is 2. The van der Waals surface area contributed by atoms with Crippen molar-refractivity contribution in [2.45, 2.75) is 141 Å². The lowest BCUT2D eigenvalue weighted by atomic mass is 9.72. The average Bonchev–Trinajstić information content (AvgIpc) is 3.70. The van der Waals surface area contributed by atoms with Crippen molar-refractivity contribution < 1.29 is 53.3 Å². The summed E-state index contributed by atoms with van der Waals surface area (Å²) in [4.78, 5) is 35.3. The fourth-order valence-corrected chi connectivity index (χ4v) is 10.2. The van der Waals surface area contributed by atoms with Crippen molar-refractivity contribution >= 4 is 23.4 Å². The molecule has 61 heavy (non-hydrogen) atoms. The lowest BCUT2D eigenvalue weighted by Crippen LogP contribution is -2.60. The first-order chi connectivity index (χ1) is 28.8. The SMILES string of the molecule is C=C1COC2[C@@H](C)/C(=C/COC(=O)NCc3ccc(-c4ccccn4)s3)[C@H](C)C[C@@](C)(OC1)[C@H](OC1O[C@H](C)C[C@H](N(C)C)[C@H]1O)[C@@H](C)[C@H](O)[C@@H](C)C(=O)O[C@H](CC)[C@@]2(C)O. The van der Waals surface area contributed by atoms with Crippen LogP contribution in [0.3, 0.4) is 0 Å². The molecule has 2 bridgehead atoms. The Morgan fingerprint density at radius 1 is 1.08 bits per heavy atom. The van der Waals surface area contributed by atoms with Gasteiger partial charge in [-0.25, -0.2) is 4.79 Å². The number of ether oxygens (including phenoxy) is 6. The number of aliphatic hydroxyl groups is 3. The van der Waals surface area contributed by atoms with Crippen molar-refractivity contribution in [3.05, 3.63) is 65.2 Å². The number of nitrogens with one attached hydrogen (secondary N) is 1. The third kappa shape index (κ3) is 11.7. The van der Waals surface area contributed by atoms with E-state index in [-0.39, 0.29) is 50.8 Å². The number of pyridine rings is 1. The van der Waals surface area contributed by atoms with Gasteiger partial charge in [0.2, 0.25) is 0 Å². The van der Waals surface area contributed by atoms with Crippen molar-refractivity contribution in [2.75, 3.05) is 33.9 Å². The molecule has 1 amide bonds. The van der Waals surface area contributed by atoms with E-state index in [0.717, 1.165) is 21.0 Å². The molecule has 2 aromatic rings. The Labute approximate surface area is 365 Å². The number of esters is 1. The van der Waals surface area contributed by atoms with Crippen LogP contribution in [0.5, 0.6) is 0 Å². The van der Waals surface area contributed by atoms with E-state index in [0.29, 0.717) is 18.4 Å². The number of carbonyl (C=O) groups is 2. The summed E-state index contributed by atoms with van der Waals surface area (Å²) in [5.74, 6) is -3.31. The van der Waals surface area contributed by atoms with Gasteiger partial charge in [0, 0.05) is 29.0 Å². The van der Waals surface area contributed by atoms with Gasteiger partial charge in [0.15, 0.2) is 6.29 Å². The van der Waals surface area contributed by atoms with Crippen LogP contribution in [-0.4, -0.2) is 131 Å². The molecule has 3 fully saturated rings. The molecule has 5 rings (SSSR count). The summed E-state index contributed by atoms with van der Waals surface area (Å²) in [7, 11) is 3.79. The van der Waals surface area contributed by atoms with Gasteiger partial charge in [0.1, 0.15) is 24.4 Å². The Morgan fingerprint density at radius 2 is 1.82 bits per heavy atom. The van der Waals surface area contributed by atoms with E-state index in [9.17, 15) is 24.9 Å². The van der Waals surface area contributed by atoms with Gasteiger partial charge in [-0.05, 0) is 103 Å². The van der Waals surface area contributed by atoms with Crippen molar-refractivity contribution in [3.8, 4) is 10.6 Å². The van der Waals surface area contributed by atoms with Crippen molar-refractivity contribution in [2.24, 2.45) is 23.7 Å². The Morgan fingerprint density at radius 3 is 2.49 bits per heavy atom. The molecule has 2 aromatic heterocycles. The molecule has 2 unspecified atom stereocenters. The number of likely N-dealkylation sites (N-methyl/N-ethyl adjacent to an activating group) is 1.